The lowest BCUT2D eigenvalue weighted by Crippen LogP contribution is -1.69. The van der Waals surface area contributed by atoms with Crippen molar-refractivity contribution in [3.63, 3.8) is 0 Å². The van der Waals surface area contributed by atoms with Gasteiger partial charge in [-0.3, -0.25) is 0 Å². The van der Waals surface area contributed by atoms with Crippen LogP contribution in [0.2, 0.25) is 0 Å². The second-order valence-electron chi connectivity index (χ2n) is 1.11. The molecule has 0 bridgehead atoms. The number of carbonyl (C=O) groups excluding carboxylic acids is 1. The van der Waals surface area contributed by atoms with Gasteiger partial charge in [-0.1, -0.05) is 6.92 Å². The van der Waals surface area contributed by atoms with E-state index in [0.717, 1.165) is 6.42 Å². The SMILES string of the molecule is CCCN=C=O.OCO. The maximum Gasteiger partial charge on any atom is 0.234 e. The van der Waals surface area contributed by atoms with Crippen LogP contribution in [-0.2, 0) is 4.79 Å². The number of aliphatic imine (C=N–C) groups is 1. The van der Waals surface area contributed by atoms with Crippen LogP contribution in [0.25, 0.3) is 0 Å². The highest BCUT2D eigenvalue weighted by atomic mass is 16.5. The smallest absolute Gasteiger partial charge is 0.234 e. The zero-order valence-corrected chi connectivity index (χ0v) is 5.37. The molecular weight excluding hydrogens is 122 g/mol. The van der Waals surface area contributed by atoms with Crippen molar-refractivity contribution in [3.05, 3.63) is 0 Å². The molecule has 0 fully saturated rings. The minimum Gasteiger partial charge on any atom is -0.371 e. The van der Waals surface area contributed by atoms with E-state index in [2.05, 4.69) is 4.99 Å². The molecule has 0 aromatic rings. The van der Waals surface area contributed by atoms with E-state index in [1.807, 2.05) is 6.92 Å². The fourth-order valence-corrected chi connectivity index (χ4v) is 0.157. The van der Waals surface area contributed by atoms with Crippen LogP contribution < -0.4 is 0 Å². The molecule has 0 atom stereocenters. The molecule has 0 rings (SSSR count). The van der Waals surface area contributed by atoms with E-state index in [9.17, 15) is 4.79 Å². The standard InChI is InChI=1S/C4H7NO.CH4O2/c1-2-3-5-4-6;2-1-3/h2-3H2,1H3;2-3H,1H2. The van der Waals surface area contributed by atoms with Gasteiger partial charge in [0.1, 0.15) is 6.79 Å². The van der Waals surface area contributed by atoms with Crippen molar-refractivity contribution >= 4 is 6.08 Å². The number of aliphatic hydroxyl groups excluding tert-OH is 1. The number of rotatable bonds is 2. The average molecular weight is 133 g/mol. The third-order valence-electron chi connectivity index (χ3n) is 0.400. The van der Waals surface area contributed by atoms with Gasteiger partial charge < -0.3 is 10.2 Å². The van der Waals surface area contributed by atoms with Crippen LogP contribution in [0, 0.1) is 0 Å². The molecule has 4 heteroatoms. The average Bonchev–Trinajstić information content (AvgIpc) is 1.86. The number of nitrogens with zero attached hydrogens (tertiary/aromatic N) is 1. The number of isocyanates is 1. The number of hydrogen-bond donors (Lipinski definition) is 2. The largest absolute Gasteiger partial charge is 0.371 e. The molecule has 0 radical (unpaired) electrons. The topological polar surface area (TPSA) is 69.9 Å². The van der Waals surface area contributed by atoms with Gasteiger partial charge in [0.15, 0.2) is 0 Å². The summed E-state index contributed by atoms with van der Waals surface area (Å²) in [6.07, 6.45) is 2.37. The van der Waals surface area contributed by atoms with E-state index in [4.69, 9.17) is 10.2 Å². The highest BCUT2D eigenvalue weighted by molar-refractivity contribution is 5.32. The molecule has 0 unspecified atom stereocenters. The van der Waals surface area contributed by atoms with Crippen molar-refractivity contribution in [1.82, 2.24) is 0 Å². The molecule has 0 spiro atoms. The second kappa shape index (κ2) is 15.7. The lowest BCUT2D eigenvalue weighted by Gasteiger charge is -1.71. The zero-order chi connectivity index (χ0) is 7.54. The minimum atomic E-state index is -0.750. The Morgan fingerprint density at radius 3 is 2.11 bits per heavy atom. The molecule has 0 saturated heterocycles. The molecule has 2 N–H and O–H groups in total. The summed E-state index contributed by atoms with van der Waals surface area (Å²) in [7, 11) is 0. The molecule has 4 nitrogen and oxygen atoms in total. The minimum absolute atomic E-state index is 0.615. The summed E-state index contributed by atoms with van der Waals surface area (Å²) in [4.78, 5) is 12.6. The molecule has 9 heavy (non-hydrogen) atoms. The van der Waals surface area contributed by atoms with E-state index < -0.39 is 6.79 Å². The third-order valence-corrected chi connectivity index (χ3v) is 0.400. The maximum atomic E-state index is 9.27. The maximum absolute atomic E-state index is 9.27. The van der Waals surface area contributed by atoms with Crippen molar-refractivity contribution in [3.8, 4) is 0 Å². The van der Waals surface area contributed by atoms with Crippen LogP contribution in [0.4, 0.5) is 0 Å². The fourth-order valence-electron chi connectivity index (χ4n) is 0.157. The van der Waals surface area contributed by atoms with E-state index >= 15 is 0 Å². The fraction of sp³-hybridized carbons (Fsp3) is 0.800. The molecular formula is C5H11NO3. The van der Waals surface area contributed by atoms with Gasteiger partial charge in [-0.05, 0) is 6.42 Å². The predicted octanol–water partition coefficient (Wildman–Crippen LogP) is -0.339. The van der Waals surface area contributed by atoms with Crippen LogP contribution >= 0.6 is 0 Å². The first-order valence-corrected chi connectivity index (χ1v) is 2.58. The summed E-state index contributed by atoms with van der Waals surface area (Å²) in [5.41, 5.74) is 0. The van der Waals surface area contributed by atoms with Crippen molar-refractivity contribution in [2.75, 3.05) is 13.3 Å². The van der Waals surface area contributed by atoms with Gasteiger partial charge in [-0.2, -0.15) is 0 Å². The number of aliphatic hydroxyl groups is 2. The van der Waals surface area contributed by atoms with Crippen molar-refractivity contribution in [2.24, 2.45) is 4.99 Å². The lowest BCUT2D eigenvalue weighted by molar-refractivity contribution is 0.0773. The Morgan fingerprint density at radius 1 is 1.56 bits per heavy atom. The van der Waals surface area contributed by atoms with Gasteiger partial charge in [0.05, 0.1) is 6.54 Å². The Balaban J connectivity index is 0. The van der Waals surface area contributed by atoms with E-state index in [-0.39, 0.29) is 0 Å². The van der Waals surface area contributed by atoms with Crippen LogP contribution in [0.1, 0.15) is 13.3 Å². The van der Waals surface area contributed by atoms with Crippen LogP contribution in [0.15, 0.2) is 4.99 Å². The molecule has 0 heterocycles. The summed E-state index contributed by atoms with van der Waals surface area (Å²) in [6, 6.07) is 0. The second-order valence-corrected chi connectivity index (χ2v) is 1.11. The van der Waals surface area contributed by atoms with Crippen LogP contribution in [0.3, 0.4) is 0 Å². The van der Waals surface area contributed by atoms with Crippen molar-refractivity contribution < 1.29 is 15.0 Å². The lowest BCUT2D eigenvalue weighted by atomic mass is 10.5. The Hall–Kier alpha value is -0.700. The summed E-state index contributed by atoms with van der Waals surface area (Å²) in [5, 5.41) is 14.2. The van der Waals surface area contributed by atoms with Crippen molar-refractivity contribution in [2.45, 2.75) is 13.3 Å². The third kappa shape index (κ3) is 38.8. The first-order chi connectivity index (χ1) is 4.33. The van der Waals surface area contributed by atoms with E-state index in [0.29, 0.717) is 6.54 Å². The summed E-state index contributed by atoms with van der Waals surface area (Å²) in [6.45, 7) is 1.82. The Morgan fingerprint density at radius 2 is 2.00 bits per heavy atom. The monoisotopic (exact) mass is 133 g/mol. The highest BCUT2D eigenvalue weighted by Crippen LogP contribution is 1.70. The van der Waals surface area contributed by atoms with Crippen LogP contribution in [0.5, 0.6) is 0 Å². The number of hydrogen-bond acceptors (Lipinski definition) is 4. The quantitative estimate of drug-likeness (QED) is 0.307. The molecule has 0 saturated carbocycles. The van der Waals surface area contributed by atoms with Gasteiger partial charge in [0.25, 0.3) is 0 Å². The molecule has 0 aliphatic heterocycles. The summed E-state index contributed by atoms with van der Waals surface area (Å²) in [5.74, 6) is 0. The first-order valence-electron chi connectivity index (χ1n) is 2.58. The van der Waals surface area contributed by atoms with Gasteiger partial charge in [0, 0.05) is 0 Å². The normalized spacial score (nSPS) is 6.56. The molecule has 0 amide bonds. The van der Waals surface area contributed by atoms with Gasteiger partial charge in [-0.15, -0.1) is 0 Å². The van der Waals surface area contributed by atoms with Crippen LogP contribution in [-0.4, -0.2) is 29.6 Å². The predicted molar refractivity (Wildman–Crippen MR) is 32.6 cm³/mol. The zero-order valence-electron chi connectivity index (χ0n) is 5.37. The van der Waals surface area contributed by atoms with E-state index in [1.54, 1.807) is 0 Å². The highest BCUT2D eigenvalue weighted by Gasteiger charge is 1.66. The van der Waals surface area contributed by atoms with Gasteiger partial charge in [0.2, 0.25) is 6.08 Å². The Bertz CT molecular complexity index is 78.3. The van der Waals surface area contributed by atoms with Crippen molar-refractivity contribution in [1.29, 1.82) is 0 Å². The molecule has 54 valence electrons. The first kappa shape index (κ1) is 11.1. The van der Waals surface area contributed by atoms with Gasteiger partial charge >= 0.3 is 0 Å². The summed E-state index contributed by atoms with van der Waals surface area (Å²) < 4.78 is 0. The Kier molecular flexibility index (Phi) is 19.4. The molecule has 0 aromatic heterocycles. The molecule has 0 aliphatic carbocycles. The molecule has 0 aromatic carbocycles. The molecule has 0 aliphatic rings. The summed E-state index contributed by atoms with van der Waals surface area (Å²) >= 11 is 0. The Labute approximate surface area is 53.9 Å². The van der Waals surface area contributed by atoms with Gasteiger partial charge in [-0.25, -0.2) is 9.79 Å². The van der Waals surface area contributed by atoms with E-state index in [1.165, 1.54) is 6.08 Å².